The first-order chi connectivity index (χ1) is 13.0. The lowest BCUT2D eigenvalue weighted by atomic mass is 10.1. The van der Waals surface area contributed by atoms with E-state index in [0.717, 1.165) is 16.5 Å². The number of hydrogen-bond donors (Lipinski definition) is 2. The van der Waals surface area contributed by atoms with E-state index < -0.39 is 17.4 Å². The number of rotatable bonds is 1. The Morgan fingerprint density at radius 3 is 2.74 bits per heavy atom. The minimum atomic E-state index is -0.675. The van der Waals surface area contributed by atoms with Gasteiger partial charge in [0, 0.05) is 12.4 Å². The Morgan fingerprint density at radius 1 is 1.11 bits per heavy atom. The number of H-pyrrole nitrogens is 1. The van der Waals surface area contributed by atoms with Crippen LogP contribution in [0.1, 0.15) is 0 Å². The largest absolute Gasteiger partial charge is 0.389 e. The molecule has 1 aliphatic rings. The van der Waals surface area contributed by atoms with E-state index in [0.29, 0.717) is 18.1 Å². The SMILES string of the molecule is Cn1c(=O)[nH]c(=O)c2c1nc1n2C[C@H](O)CN1c1cccc2ccccc12. The Morgan fingerprint density at radius 2 is 1.89 bits per heavy atom. The Hall–Kier alpha value is -3.39. The Bertz CT molecular complexity index is 1310. The van der Waals surface area contributed by atoms with Gasteiger partial charge in [-0.25, -0.2) is 4.79 Å². The third-order valence-electron chi connectivity index (χ3n) is 5.07. The topological polar surface area (TPSA) is 96.2 Å². The molecule has 0 unspecified atom stereocenters. The molecule has 0 radical (unpaired) electrons. The molecule has 136 valence electrons. The molecule has 2 aromatic heterocycles. The number of aromatic amines is 1. The second kappa shape index (κ2) is 5.55. The van der Waals surface area contributed by atoms with Crippen molar-refractivity contribution in [2.45, 2.75) is 12.6 Å². The standard InChI is InChI=1S/C19H17N5O3/c1-22-16-15(17(26)21-19(22)27)24-10-12(25)9-23(18(24)20-16)14-8-4-6-11-5-2-3-7-13(11)14/h2-8,12,25H,9-10H2,1H3,(H,21,26,27)/t12-/m1/s1. The van der Waals surface area contributed by atoms with Crippen LogP contribution in [0.5, 0.6) is 0 Å². The molecule has 4 aromatic rings. The molecule has 0 saturated heterocycles. The van der Waals surface area contributed by atoms with Crippen LogP contribution in [-0.2, 0) is 13.6 Å². The molecular formula is C19H17N5O3. The third kappa shape index (κ3) is 2.23. The Labute approximate surface area is 152 Å². The van der Waals surface area contributed by atoms with Gasteiger partial charge in [0.15, 0.2) is 11.2 Å². The molecule has 8 nitrogen and oxygen atoms in total. The summed E-state index contributed by atoms with van der Waals surface area (Å²) in [5.41, 5.74) is 0.470. The highest BCUT2D eigenvalue weighted by atomic mass is 16.3. The number of fused-ring (bicyclic) bond motifs is 4. The fraction of sp³-hybridized carbons (Fsp3) is 0.211. The number of hydrogen-bond acceptors (Lipinski definition) is 5. The number of nitrogens with zero attached hydrogens (tertiary/aromatic N) is 4. The summed E-state index contributed by atoms with van der Waals surface area (Å²) in [5, 5.41) is 12.6. The maximum atomic E-state index is 12.4. The van der Waals surface area contributed by atoms with Gasteiger partial charge in [-0.15, -0.1) is 0 Å². The highest BCUT2D eigenvalue weighted by Crippen LogP contribution is 2.35. The summed E-state index contributed by atoms with van der Waals surface area (Å²) in [4.78, 5) is 33.2. The normalized spacial score (nSPS) is 16.8. The second-order valence-electron chi connectivity index (χ2n) is 6.78. The number of aliphatic hydroxyl groups excluding tert-OH is 1. The molecule has 2 N–H and O–H groups in total. The van der Waals surface area contributed by atoms with Gasteiger partial charge >= 0.3 is 5.69 Å². The van der Waals surface area contributed by atoms with E-state index in [1.54, 1.807) is 11.6 Å². The molecule has 0 aliphatic carbocycles. The number of imidazole rings is 1. The molecule has 0 bridgehead atoms. The summed E-state index contributed by atoms with van der Waals surface area (Å²) in [6.07, 6.45) is -0.675. The fourth-order valence-electron chi connectivity index (χ4n) is 3.81. The van der Waals surface area contributed by atoms with Crippen molar-refractivity contribution in [1.29, 1.82) is 0 Å². The summed E-state index contributed by atoms with van der Waals surface area (Å²) in [5.74, 6) is 0.540. The summed E-state index contributed by atoms with van der Waals surface area (Å²) < 4.78 is 3.00. The lowest BCUT2D eigenvalue weighted by Gasteiger charge is -2.32. The van der Waals surface area contributed by atoms with Crippen molar-refractivity contribution in [1.82, 2.24) is 19.1 Å². The van der Waals surface area contributed by atoms with Gasteiger partial charge in [0.1, 0.15) is 0 Å². The van der Waals surface area contributed by atoms with Gasteiger partial charge in [-0.05, 0) is 11.5 Å². The maximum absolute atomic E-state index is 12.4. The molecule has 1 atom stereocenters. The quantitative estimate of drug-likeness (QED) is 0.528. The highest BCUT2D eigenvalue weighted by molar-refractivity contribution is 5.96. The van der Waals surface area contributed by atoms with E-state index in [1.807, 2.05) is 47.4 Å². The third-order valence-corrected chi connectivity index (χ3v) is 5.07. The van der Waals surface area contributed by atoms with Gasteiger partial charge in [-0.1, -0.05) is 36.4 Å². The number of aliphatic hydroxyl groups is 1. The number of benzene rings is 2. The Balaban J connectivity index is 1.84. The van der Waals surface area contributed by atoms with Crippen molar-refractivity contribution in [3.05, 3.63) is 63.3 Å². The lowest BCUT2D eigenvalue weighted by Crippen LogP contribution is -2.39. The maximum Gasteiger partial charge on any atom is 0.329 e. The zero-order chi connectivity index (χ0) is 18.7. The van der Waals surface area contributed by atoms with Crippen LogP contribution in [0.15, 0.2) is 52.1 Å². The second-order valence-corrected chi connectivity index (χ2v) is 6.78. The number of aromatic nitrogens is 4. The molecule has 3 heterocycles. The lowest BCUT2D eigenvalue weighted by molar-refractivity contribution is 0.154. The molecule has 1 aliphatic heterocycles. The minimum Gasteiger partial charge on any atom is -0.389 e. The minimum absolute atomic E-state index is 0.244. The van der Waals surface area contributed by atoms with Crippen LogP contribution in [0.3, 0.4) is 0 Å². The molecule has 0 saturated carbocycles. The van der Waals surface area contributed by atoms with E-state index in [4.69, 9.17) is 0 Å². The average molecular weight is 363 g/mol. The van der Waals surface area contributed by atoms with Crippen molar-refractivity contribution in [3.63, 3.8) is 0 Å². The monoisotopic (exact) mass is 363 g/mol. The van der Waals surface area contributed by atoms with Crippen LogP contribution in [0.2, 0.25) is 0 Å². The van der Waals surface area contributed by atoms with Crippen LogP contribution in [-0.4, -0.2) is 36.9 Å². The van der Waals surface area contributed by atoms with Crippen molar-refractivity contribution in [3.8, 4) is 0 Å². The van der Waals surface area contributed by atoms with Crippen molar-refractivity contribution < 1.29 is 5.11 Å². The summed E-state index contributed by atoms with van der Waals surface area (Å²) in [6, 6.07) is 13.9. The van der Waals surface area contributed by atoms with Gasteiger partial charge in [0.2, 0.25) is 5.95 Å². The van der Waals surface area contributed by atoms with Crippen LogP contribution in [0.25, 0.3) is 21.9 Å². The van der Waals surface area contributed by atoms with Crippen LogP contribution < -0.4 is 16.1 Å². The summed E-state index contributed by atoms with van der Waals surface area (Å²) in [6.45, 7) is 0.595. The Kier molecular flexibility index (Phi) is 3.26. The van der Waals surface area contributed by atoms with Crippen LogP contribution >= 0.6 is 0 Å². The molecule has 0 amide bonds. The van der Waals surface area contributed by atoms with E-state index in [9.17, 15) is 14.7 Å². The van der Waals surface area contributed by atoms with E-state index in [2.05, 4.69) is 9.97 Å². The van der Waals surface area contributed by atoms with Crippen molar-refractivity contribution >= 4 is 33.6 Å². The fourth-order valence-corrected chi connectivity index (χ4v) is 3.81. The number of nitrogens with one attached hydrogen (secondary N) is 1. The molecular weight excluding hydrogens is 346 g/mol. The first-order valence-corrected chi connectivity index (χ1v) is 8.67. The zero-order valence-corrected chi connectivity index (χ0v) is 14.6. The van der Waals surface area contributed by atoms with E-state index in [1.165, 1.54) is 4.57 Å². The molecule has 5 rings (SSSR count). The molecule has 0 spiro atoms. The van der Waals surface area contributed by atoms with Crippen LogP contribution in [0, 0.1) is 0 Å². The molecule has 2 aromatic carbocycles. The van der Waals surface area contributed by atoms with Gasteiger partial charge in [0.05, 0.1) is 24.9 Å². The average Bonchev–Trinajstić information content (AvgIpc) is 3.05. The first kappa shape index (κ1) is 15.8. The zero-order valence-electron chi connectivity index (χ0n) is 14.6. The van der Waals surface area contributed by atoms with Gasteiger partial charge in [0.25, 0.3) is 5.56 Å². The summed E-state index contributed by atoms with van der Waals surface area (Å²) in [7, 11) is 1.57. The highest BCUT2D eigenvalue weighted by Gasteiger charge is 2.30. The predicted molar refractivity (Wildman–Crippen MR) is 103 cm³/mol. The first-order valence-electron chi connectivity index (χ1n) is 8.67. The van der Waals surface area contributed by atoms with Gasteiger partial charge in [-0.2, -0.15) is 4.98 Å². The molecule has 8 heteroatoms. The smallest absolute Gasteiger partial charge is 0.329 e. The molecule has 27 heavy (non-hydrogen) atoms. The summed E-state index contributed by atoms with van der Waals surface area (Å²) >= 11 is 0. The number of β-amino-alcohol motifs (C(OH)–C–C–N with tert-alkyl or cyclic N) is 1. The number of aryl methyl sites for hydroxylation is 1. The predicted octanol–water partition coefficient (Wildman–Crippen LogP) is 1.09. The van der Waals surface area contributed by atoms with Gasteiger partial charge in [-0.3, -0.25) is 14.3 Å². The number of anilines is 2. The van der Waals surface area contributed by atoms with Crippen LogP contribution in [0.4, 0.5) is 11.6 Å². The van der Waals surface area contributed by atoms with E-state index in [-0.39, 0.29) is 12.1 Å². The molecule has 0 fully saturated rings. The van der Waals surface area contributed by atoms with Crippen molar-refractivity contribution in [2.75, 3.05) is 11.4 Å². The van der Waals surface area contributed by atoms with Crippen molar-refractivity contribution in [2.24, 2.45) is 7.05 Å². The van der Waals surface area contributed by atoms with E-state index >= 15 is 0 Å². The van der Waals surface area contributed by atoms with Gasteiger partial charge < -0.3 is 14.6 Å².